The third-order valence-corrected chi connectivity index (χ3v) is 5.60. The van der Waals surface area contributed by atoms with E-state index in [1.54, 1.807) is 24.3 Å². The molecule has 4 N–H and O–H groups in total. The Kier molecular flexibility index (Phi) is 5.27. The largest absolute Gasteiger partial charge is 0.397 e. The SMILES string of the molecule is Nc1ccccc1NC(=O)c1cc2ccc(CNC(=O)c3ccccc3)cc2s1. The van der Waals surface area contributed by atoms with Crippen molar-refractivity contribution < 1.29 is 9.59 Å². The third-order valence-electron chi connectivity index (χ3n) is 4.51. The van der Waals surface area contributed by atoms with Gasteiger partial charge in [0.25, 0.3) is 11.8 Å². The molecule has 0 aliphatic heterocycles. The Bertz CT molecular complexity index is 1190. The van der Waals surface area contributed by atoms with Crippen LogP contribution in [0.25, 0.3) is 10.1 Å². The van der Waals surface area contributed by atoms with Crippen LogP contribution in [0.2, 0.25) is 0 Å². The number of thiophene rings is 1. The Hall–Kier alpha value is -3.64. The van der Waals surface area contributed by atoms with Gasteiger partial charge in [-0.3, -0.25) is 9.59 Å². The summed E-state index contributed by atoms with van der Waals surface area (Å²) in [4.78, 5) is 25.4. The standard InChI is InChI=1S/C23H19N3O2S/c24-18-8-4-5-9-19(18)26-23(28)21-13-17-11-10-15(12-20(17)29-21)14-25-22(27)16-6-2-1-3-7-16/h1-13H,14,24H2,(H,25,27)(H,26,28). The molecule has 1 heterocycles. The average molecular weight is 401 g/mol. The number of nitrogens with two attached hydrogens (primary N) is 1. The number of amides is 2. The highest BCUT2D eigenvalue weighted by Gasteiger charge is 2.12. The predicted octanol–water partition coefficient (Wildman–Crippen LogP) is 4.67. The molecule has 0 aliphatic rings. The van der Waals surface area contributed by atoms with Gasteiger partial charge in [-0.25, -0.2) is 0 Å². The number of hydrogen-bond acceptors (Lipinski definition) is 4. The monoisotopic (exact) mass is 401 g/mol. The molecule has 0 unspecified atom stereocenters. The number of para-hydroxylation sites is 2. The van der Waals surface area contributed by atoms with Crippen molar-refractivity contribution in [3.63, 3.8) is 0 Å². The van der Waals surface area contributed by atoms with Crippen LogP contribution in [0.4, 0.5) is 11.4 Å². The molecule has 1 aromatic heterocycles. The maximum absolute atomic E-state index is 12.6. The Balaban J connectivity index is 1.47. The number of anilines is 2. The van der Waals surface area contributed by atoms with E-state index in [-0.39, 0.29) is 11.8 Å². The highest BCUT2D eigenvalue weighted by atomic mass is 32.1. The number of rotatable bonds is 5. The molecule has 0 fully saturated rings. The molecule has 6 heteroatoms. The van der Waals surface area contributed by atoms with Crippen molar-refractivity contribution in [3.8, 4) is 0 Å². The van der Waals surface area contributed by atoms with Crippen LogP contribution in [-0.2, 0) is 6.54 Å². The predicted molar refractivity (Wildman–Crippen MR) is 118 cm³/mol. The molecule has 4 aromatic rings. The summed E-state index contributed by atoms with van der Waals surface area (Å²) in [5, 5.41) is 6.76. The van der Waals surface area contributed by atoms with Crippen LogP contribution in [0.15, 0.2) is 78.9 Å². The second-order valence-electron chi connectivity index (χ2n) is 6.57. The fourth-order valence-electron chi connectivity index (χ4n) is 2.97. The van der Waals surface area contributed by atoms with E-state index >= 15 is 0 Å². The molecule has 144 valence electrons. The van der Waals surface area contributed by atoms with Gasteiger partial charge in [-0.2, -0.15) is 0 Å². The first-order valence-corrected chi connectivity index (χ1v) is 9.93. The Labute approximate surface area is 172 Å². The second-order valence-corrected chi connectivity index (χ2v) is 7.66. The summed E-state index contributed by atoms with van der Waals surface area (Å²) in [6.07, 6.45) is 0. The molecule has 0 bridgehead atoms. The zero-order valence-electron chi connectivity index (χ0n) is 15.5. The molecule has 0 aliphatic carbocycles. The minimum atomic E-state index is -0.192. The summed E-state index contributed by atoms with van der Waals surface area (Å²) in [6, 6.07) is 24.1. The van der Waals surface area contributed by atoms with Crippen molar-refractivity contribution in [2.45, 2.75) is 6.54 Å². The number of fused-ring (bicyclic) bond motifs is 1. The van der Waals surface area contributed by atoms with E-state index in [2.05, 4.69) is 10.6 Å². The van der Waals surface area contributed by atoms with Gasteiger partial charge in [0.05, 0.1) is 16.3 Å². The lowest BCUT2D eigenvalue weighted by Crippen LogP contribution is -2.22. The lowest BCUT2D eigenvalue weighted by atomic mass is 10.1. The van der Waals surface area contributed by atoms with E-state index in [0.717, 1.165) is 15.6 Å². The number of benzene rings is 3. The summed E-state index contributed by atoms with van der Waals surface area (Å²) < 4.78 is 0.989. The van der Waals surface area contributed by atoms with E-state index < -0.39 is 0 Å². The van der Waals surface area contributed by atoms with E-state index in [4.69, 9.17) is 5.73 Å². The first kappa shape index (κ1) is 18.7. The Morgan fingerprint density at radius 2 is 1.62 bits per heavy atom. The number of carbonyl (C=O) groups is 2. The highest BCUT2D eigenvalue weighted by molar-refractivity contribution is 7.20. The maximum atomic E-state index is 12.6. The molecule has 0 saturated carbocycles. The van der Waals surface area contributed by atoms with E-state index in [1.165, 1.54) is 11.3 Å². The molecule has 29 heavy (non-hydrogen) atoms. The molecular weight excluding hydrogens is 382 g/mol. The number of carbonyl (C=O) groups excluding carboxylic acids is 2. The Morgan fingerprint density at radius 1 is 0.862 bits per heavy atom. The van der Waals surface area contributed by atoms with E-state index in [0.29, 0.717) is 28.4 Å². The van der Waals surface area contributed by atoms with Crippen molar-refractivity contribution in [1.82, 2.24) is 5.32 Å². The maximum Gasteiger partial charge on any atom is 0.265 e. The quantitative estimate of drug-likeness (QED) is 0.425. The van der Waals surface area contributed by atoms with Gasteiger partial charge in [-0.1, -0.05) is 42.5 Å². The van der Waals surface area contributed by atoms with Crippen molar-refractivity contribution >= 4 is 44.6 Å². The molecule has 0 atom stereocenters. The minimum absolute atomic E-state index is 0.114. The number of hydrogen-bond donors (Lipinski definition) is 3. The van der Waals surface area contributed by atoms with Gasteiger partial charge < -0.3 is 16.4 Å². The molecule has 0 spiro atoms. The summed E-state index contributed by atoms with van der Waals surface area (Å²) in [5.41, 5.74) is 8.62. The number of nitrogen functional groups attached to an aromatic ring is 1. The second kappa shape index (κ2) is 8.16. The summed E-state index contributed by atoms with van der Waals surface area (Å²) in [6.45, 7) is 0.420. The zero-order valence-corrected chi connectivity index (χ0v) is 16.3. The fourth-order valence-corrected chi connectivity index (χ4v) is 3.99. The van der Waals surface area contributed by atoms with Crippen LogP contribution in [-0.4, -0.2) is 11.8 Å². The first-order valence-electron chi connectivity index (χ1n) is 9.12. The van der Waals surface area contributed by atoms with Gasteiger partial charge in [-0.15, -0.1) is 11.3 Å². The lowest BCUT2D eigenvalue weighted by molar-refractivity contribution is 0.0950. The summed E-state index contributed by atoms with van der Waals surface area (Å²) >= 11 is 1.41. The molecule has 3 aromatic carbocycles. The molecule has 4 rings (SSSR count). The van der Waals surface area contributed by atoms with Gasteiger partial charge in [0.15, 0.2) is 0 Å². The van der Waals surface area contributed by atoms with E-state index in [1.807, 2.05) is 54.6 Å². The molecule has 2 amide bonds. The van der Waals surface area contributed by atoms with Gasteiger partial charge in [0, 0.05) is 16.8 Å². The van der Waals surface area contributed by atoms with Crippen molar-refractivity contribution in [1.29, 1.82) is 0 Å². The van der Waals surface area contributed by atoms with Gasteiger partial charge in [0.1, 0.15) is 0 Å². The summed E-state index contributed by atoms with van der Waals surface area (Å²) in [5.74, 6) is -0.305. The number of nitrogens with one attached hydrogen (secondary N) is 2. The topological polar surface area (TPSA) is 84.2 Å². The summed E-state index contributed by atoms with van der Waals surface area (Å²) in [7, 11) is 0. The van der Waals surface area contributed by atoms with Crippen molar-refractivity contribution in [2.75, 3.05) is 11.1 Å². The highest BCUT2D eigenvalue weighted by Crippen LogP contribution is 2.28. The van der Waals surface area contributed by atoms with Crippen LogP contribution in [0.5, 0.6) is 0 Å². The zero-order chi connectivity index (χ0) is 20.2. The lowest BCUT2D eigenvalue weighted by Gasteiger charge is -2.06. The molecular formula is C23H19N3O2S. The van der Waals surface area contributed by atoms with Crippen LogP contribution in [0.3, 0.4) is 0 Å². The van der Waals surface area contributed by atoms with Gasteiger partial charge >= 0.3 is 0 Å². The van der Waals surface area contributed by atoms with Gasteiger partial charge in [0.2, 0.25) is 0 Å². The van der Waals surface area contributed by atoms with Crippen molar-refractivity contribution in [2.24, 2.45) is 0 Å². The average Bonchev–Trinajstić information content (AvgIpc) is 3.18. The smallest absolute Gasteiger partial charge is 0.265 e. The molecule has 0 radical (unpaired) electrons. The third kappa shape index (κ3) is 4.28. The van der Waals surface area contributed by atoms with Crippen LogP contribution in [0, 0.1) is 0 Å². The normalized spacial score (nSPS) is 10.6. The van der Waals surface area contributed by atoms with Crippen LogP contribution >= 0.6 is 11.3 Å². The van der Waals surface area contributed by atoms with Crippen molar-refractivity contribution in [3.05, 3.63) is 94.9 Å². The van der Waals surface area contributed by atoms with Crippen LogP contribution < -0.4 is 16.4 Å². The van der Waals surface area contributed by atoms with Gasteiger partial charge in [-0.05, 0) is 47.3 Å². The Morgan fingerprint density at radius 3 is 2.41 bits per heavy atom. The minimum Gasteiger partial charge on any atom is -0.397 e. The van der Waals surface area contributed by atoms with Crippen LogP contribution in [0.1, 0.15) is 25.6 Å². The molecule has 5 nitrogen and oxygen atoms in total. The molecule has 0 saturated heterocycles. The first-order chi connectivity index (χ1) is 14.1. The fraction of sp³-hybridized carbons (Fsp3) is 0.0435. The van der Waals surface area contributed by atoms with E-state index in [9.17, 15) is 9.59 Å².